The first-order valence-corrected chi connectivity index (χ1v) is 10.4. The maximum atomic E-state index is 6.08. The van der Waals surface area contributed by atoms with Gasteiger partial charge in [0.2, 0.25) is 0 Å². The summed E-state index contributed by atoms with van der Waals surface area (Å²) in [4.78, 5) is 6.77. The topological polar surface area (TPSA) is 46.1 Å². The average Bonchev–Trinajstić information content (AvgIpc) is 2.62. The summed E-state index contributed by atoms with van der Waals surface area (Å²) in [7, 11) is 1.87. The Bertz CT molecular complexity index is 347. The zero-order valence-electron chi connectivity index (χ0n) is 15.2. The Morgan fingerprint density at radius 3 is 2.71 bits per heavy atom. The van der Waals surface area contributed by atoms with Gasteiger partial charge in [-0.05, 0) is 50.5 Å². The predicted octanol–water partition coefficient (Wildman–Crippen LogP) is 2.98. The molecule has 2 aliphatic rings. The van der Waals surface area contributed by atoms with Gasteiger partial charge in [-0.15, -0.1) is 24.0 Å². The predicted molar refractivity (Wildman–Crippen MR) is 114 cm³/mol. The van der Waals surface area contributed by atoms with Crippen molar-refractivity contribution < 1.29 is 9.47 Å². The first kappa shape index (κ1) is 22.3. The molecule has 1 unspecified atom stereocenters. The van der Waals surface area contributed by atoms with Crippen molar-refractivity contribution >= 4 is 41.7 Å². The van der Waals surface area contributed by atoms with Crippen molar-refractivity contribution in [1.29, 1.82) is 0 Å². The lowest BCUT2D eigenvalue weighted by Crippen LogP contribution is -2.47. The molecule has 24 heavy (non-hydrogen) atoms. The maximum Gasteiger partial charge on any atom is 0.193 e. The summed E-state index contributed by atoms with van der Waals surface area (Å²) < 4.78 is 11.8. The summed E-state index contributed by atoms with van der Waals surface area (Å²) in [5, 5.41) is 3.47. The fourth-order valence-electron chi connectivity index (χ4n) is 3.17. The lowest BCUT2D eigenvalue weighted by molar-refractivity contribution is -0.0721. The van der Waals surface area contributed by atoms with E-state index in [0.717, 1.165) is 58.1 Å². The SMILES string of the molecule is CN=C(NCCCSC)N1CCC(OCC2CCCCO2)CC1.I. The third kappa shape index (κ3) is 8.10. The van der Waals surface area contributed by atoms with E-state index in [1.54, 1.807) is 0 Å². The number of hydrogen-bond acceptors (Lipinski definition) is 4. The molecule has 2 heterocycles. The minimum Gasteiger partial charge on any atom is -0.376 e. The molecule has 0 radical (unpaired) electrons. The molecule has 7 heteroatoms. The summed E-state index contributed by atoms with van der Waals surface area (Å²) in [6, 6.07) is 0. The van der Waals surface area contributed by atoms with Crippen molar-refractivity contribution in [3.05, 3.63) is 0 Å². The lowest BCUT2D eigenvalue weighted by atomic mass is 10.1. The number of aliphatic imine (C=N–C) groups is 1. The third-order valence-electron chi connectivity index (χ3n) is 4.55. The molecule has 0 aliphatic carbocycles. The lowest BCUT2D eigenvalue weighted by Gasteiger charge is -2.35. The van der Waals surface area contributed by atoms with Gasteiger partial charge in [0.15, 0.2) is 5.96 Å². The molecule has 2 rings (SSSR count). The Kier molecular flexibility index (Phi) is 12.5. The highest BCUT2D eigenvalue weighted by Gasteiger charge is 2.23. The number of nitrogens with one attached hydrogen (secondary N) is 1. The van der Waals surface area contributed by atoms with Crippen LogP contribution in [0.3, 0.4) is 0 Å². The molecular formula is C17H34IN3O2S. The van der Waals surface area contributed by atoms with Gasteiger partial charge in [0.25, 0.3) is 0 Å². The third-order valence-corrected chi connectivity index (χ3v) is 5.25. The van der Waals surface area contributed by atoms with Gasteiger partial charge in [-0.3, -0.25) is 4.99 Å². The van der Waals surface area contributed by atoms with Crippen LogP contribution in [0, 0.1) is 0 Å². The van der Waals surface area contributed by atoms with Gasteiger partial charge in [-0.2, -0.15) is 11.8 Å². The first-order valence-electron chi connectivity index (χ1n) is 9.01. The van der Waals surface area contributed by atoms with E-state index in [0.29, 0.717) is 12.2 Å². The summed E-state index contributed by atoms with van der Waals surface area (Å²) in [6.45, 7) is 4.73. The van der Waals surface area contributed by atoms with Crippen LogP contribution in [-0.2, 0) is 9.47 Å². The summed E-state index contributed by atoms with van der Waals surface area (Å²) >= 11 is 1.89. The smallest absolute Gasteiger partial charge is 0.193 e. The quantitative estimate of drug-likeness (QED) is 0.268. The van der Waals surface area contributed by atoms with Gasteiger partial charge in [-0.1, -0.05) is 0 Å². The number of likely N-dealkylation sites (tertiary alicyclic amines) is 1. The summed E-state index contributed by atoms with van der Waals surface area (Å²) in [5.74, 6) is 2.24. The number of rotatable bonds is 7. The number of ether oxygens (including phenoxy) is 2. The van der Waals surface area contributed by atoms with Crippen LogP contribution in [-0.4, -0.2) is 75.0 Å². The molecule has 2 aliphatic heterocycles. The van der Waals surface area contributed by atoms with Gasteiger partial charge in [0.05, 0.1) is 18.8 Å². The van der Waals surface area contributed by atoms with Crippen molar-refractivity contribution in [3.63, 3.8) is 0 Å². The number of thioether (sulfide) groups is 1. The van der Waals surface area contributed by atoms with Crippen LogP contribution in [0.25, 0.3) is 0 Å². The molecule has 0 saturated carbocycles. The summed E-state index contributed by atoms with van der Waals surface area (Å²) in [5.41, 5.74) is 0. The van der Waals surface area contributed by atoms with Crippen molar-refractivity contribution in [2.45, 2.75) is 50.7 Å². The molecule has 0 aromatic heterocycles. The van der Waals surface area contributed by atoms with Crippen LogP contribution in [0.1, 0.15) is 38.5 Å². The average molecular weight is 471 g/mol. The molecule has 2 saturated heterocycles. The zero-order valence-corrected chi connectivity index (χ0v) is 18.3. The molecule has 0 spiro atoms. The van der Waals surface area contributed by atoms with Gasteiger partial charge in [0, 0.05) is 33.3 Å². The molecule has 0 amide bonds. The van der Waals surface area contributed by atoms with E-state index in [1.165, 1.54) is 25.0 Å². The second kappa shape index (κ2) is 13.5. The normalized spacial score (nSPS) is 23.0. The van der Waals surface area contributed by atoms with Gasteiger partial charge in [-0.25, -0.2) is 0 Å². The molecule has 0 bridgehead atoms. The van der Waals surface area contributed by atoms with E-state index in [1.807, 2.05) is 18.8 Å². The highest BCUT2D eigenvalue weighted by Crippen LogP contribution is 2.17. The van der Waals surface area contributed by atoms with Crippen LogP contribution in [0.2, 0.25) is 0 Å². The highest BCUT2D eigenvalue weighted by molar-refractivity contribution is 14.0. The van der Waals surface area contributed by atoms with Crippen LogP contribution in [0.4, 0.5) is 0 Å². The van der Waals surface area contributed by atoms with Crippen molar-refractivity contribution in [3.8, 4) is 0 Å². The number of hydrogen-bond donors (Lipinski definition) is 1. The zero-order chi connectivity index (χ0) is 16.3. The van der Waals surface area contributed by atoms with Crippen LogP contribution in [0.15, 0.2) is 4.99 Å². The molecule has 142 valence electrons. The fraction of sp³-hybridized carbons (Fsp3) is 0.941. The first-order chi connectivity index (χ1) is 11.3. The Morgan fingerprint density at radius 1 is 1.29 bits per heavy atom. The monoisotopic (exact) mass is 471 g/mol. The standard InChI is InChI=1S/C17H33N3O2S.HI/c1-18-17(19-9-5-13-23-2)20-10-7-15(8-11-20)22-14-16-6-3-4-12-21-16;/h15-16H,3-14H2,1-2H3,(H,18,19);1H. The molecular weight excluding hydrogens is 437 g/mol. The molecule has 0 aromatic carbocycles. The van der Waals surface area contributed by atoms with E-state index < -0.39 is 0 Å². The van der Waals surface area contributed by atoms with Crippen molar-refractivity contribution in [1.82, 2.24) is 10.2 Å². The molecule has 5 nitrogen and oxygen atoms in total. The number of piperidine rings is 1. The van der Waals surface area contributed by atoms with E-state index in [9.17, 15) is 0 Å². The Balaban J connectivity index is 0.00000288. The van der Waals surface area contributed by atoms with Crippen LogP contribution < -0.4 is 5.32 Å². The van der Waals surface area contributed by atoms with E-state index in [2.05, 4.69) is 21.5 Å². The van der Waals surface area contributed by atoms with Crippen LogP contribution >= 0.6 is 35.7 Å². The maximum absolute atomic E-state index is 6.08. The Labute approximate surface area is 168 Å². The number of halogens is 1. The Morgan fingerprint density at radius 2 is 2.08 bits per heavy atom. The summed E-state index contributed by atoms with van der Waals surface area (Å²) in [6.07, 6.45) is 9.85. The fourth-order valence-corrected chi connectivity index (χ4v) is 3.60. The highest BCUT2D eigenvalue weighted by atomic mass is 127. The van der Waals surface area contributed by atoms with E-state index in [4.69, 9.17) is 9.47 Å². The number of guanidine groups is 1. The van der Waals surface area contributed by atoms with Gasteiger partial charge in [0.1, 0.15) is 0 Å². The van der Waals surface area contributed by atoms with Gasteiger partial charge >= 0.3 is 0 Å². The molecule has 2 fully saturated rings. The van der Waals surface area contributed by atoms with E-state index >= 15 is 0 Å². The van der Waals surface area contributed by atoms with E-state index in [-0.39, 0.29) is 24.0 Å². The van der Waals surface area contributed by atoms with Crippen LogP contribution in [0.5, 0.6) is 0 Å². The largest absolute Gasteiger partial charge is 0.376 e. The molecule has 1 atom stereocenters. The number of nitrogens with zero attached hydrogens (tertiary/aromatic N) is 2. The Hall–Kier alpha value is 0.270. The minimum atomic E-state index is 0. The second-order valence-corrected chi connectivity index (χ2v) is 7.31. The minimum absolute atomic E-state index is 0. The van der Waals surface area contributed by atoms with Crippen molar-refractivity contribution in [2.75, 3.05) is 51.9 Å². The second-order valence-electron chi connectivity index (χ2n) is 6.33. The van der Waals surface area contributed by atoms with Gasteiger partial charge < -0.3 is 19.7 Å². The molecule has 1 N–H and O–H groups in total. The molecule has 0 aromatic rings. The van der Waals surface area contributed by atoms with Crippen molar-refractivity contribution in [2.24, 2.45) is 4.99 Å².